The van der Waals surface area contributed by atoms with Crippen molar-refractivity contribution >= 4 is 52.7 Å². The molecule has 2 aromatic rings. The van der Waals surface area contributed by atoms with Crippen LogP contribution in [-0.2, 0) is 22.7 Å². The summed E-state index contributed by atoms with van der Waals surface area (Å²) in [5.74, 6) is -0.283. The standard InChI is InChI=1S/C23H24IN3O4.ClH/c1-2-25-12-14-6-8-15(9-7-14)13-31-18-5-3-4-16-20(18)21(24)27(23(16)30)17-10-11-19(28)26-22(17)29;/h3-9,17,21,25H,2,10-13H2,1H3,(H,26,28,29);1H. The van der Waals surface area contributed by atoms with Crippen LogP contribution in [0.4, 0.5) is 0 Å². The van der Waals surface area contributed by atoms with Gasteiger partial charge >= 0.3 is 0 Å². The van der Waals surface area contributed by atoms with E-state index in [2.05, 4.69) is 52.3 Å². The predicted molar refractivity (Wildman–Crippen MR) is 131 cm³/mol. The summed E-state index contributed by atoms with van der Waals surface area (Å²) >= 11 is 2.17. The van der Waals surface area contributed by atoms with E-state index in [0.717, 1.165) is 24.2 Å². The molecule has 0 aliphatic carbocycles. The molecule has 0 saturated carbocycles. The Hall–Kier alpha value is -2.17. The molecule has 2 aliphatic heterocycles. The van der Waals surface area contributed by atoms with Gasteiger partial charge in [0.25, 0.3) is 5.91 Å². The second kappa shape index (κ2) is 10.6. The van der Waals surface area contributed by atoms with Gasteiger partial charge in [-0.15, -0.1) is 12.4 Å². The van der Waals surface area contributed by atoms with E-state index in [4.69, 9.17) is 4.74 Å². The third kappa shape index (κ3) is 4.92. The molecule has 2 aromatic carbocycles. The molecule has 1 fully saturated rings. The van der Waals surface area contributed by atoms with Gasteiger partial charge in [-0.1, -0.05) is 59.8 Å². The number of nitrogens with zero attached hydrogens (tertiary/aromatic N) is 1. The molecule has 7 nitrogen and oxygen atoms in total. The normalized spacial score (nSPS) is 19.9. The van der Waals surface area contributed by atoms with Gasteiger partial charge < -0.3 is 15.0 Å². The number of hydrogen-bond donors (Lipinski definition) is 2. The maximum Gasteiger partial charge on any atom is 0.256 e. The fraction of sp³-hybridized carbons (Fsp3) is 0.348. The molecule has 0 spiro atoms. The smallest absolute Gasteiger partial charge is 0.256 e. The molecule has 2 atom stereocenters. The number of amides is 3. The average molecular weight is 570 g/mol. The highest BCUT2D eigenvalue weighted by atomic mass is 127. The number of alkyl halides is 1. The number of halogens is 2. The van der Waals surface area contributed by atoms with Crippen LogP contribution in [0, 0.1) is 0 Å². The summed E-state index contributed by atoms with van der Waals surface area (Å²) in [5.41, 5.74) is 3.57. The van der Waals surface area contributed by atoms with Crippen molar-refractivity contribution in [1.29, 1.82) is 0 Å². The van der Waals surface area contributed by atoms with Crippen LogP contribution >= 0.6 is 35.0 Å². The average Bonchev–Trinajstić information content (AvgIpc) is 3.02. The molecular weight excluding hydrogens is 545 g/mol. The zero-order valence-corrected chi connectivity index (χ0v) is 20.6. The summed E-state index contributed by atoms with van der Waals surface area (Å²) in [4.78, 5) is 38.5. The van der Waals surface area contributed by atoms with E-state index in [1.165, 1.54) is 5.56 Å². The molecule has 2 N–H and O–H groups in total. The second-order valence-corrected chi connectivity index (χ2v) is 8.80. The summed E-state index contributed by atoms with van der Waals surface area (Å²) in [6, 6.07) is 13.0. The third-order valence-corrected chi connectivity index (χ3v) is 6.78. The van der Waals surface area contributed by atoms with Crippen LogP contribution in [0.5, 0.6) is 5.75 Å². The van der Waals surface area contributed by atoms with Gasteiger partial charge in [-0.2, -0.15) is 0 Å². The Balaban J connectivity index is 0.00000289. The van der Waals surface area contributed by atoms with Crippen molar-refractivity contribution in [3.8, 4) is 5.75 Å². The number of benzene rings is 2. The maximum atomic E-state index is 13.1. The second-order valence-electron chi connectivity index (χ2n) is 7.62. The Morgan fingerprint density at radius 3 is 2.53 bits per heavy atom. The van der Waals surface area contributed by atoms with Gasteiger partial charge in [-0.05, 0) is 36.2 Å². The molecule has 9 heteroatoms. The first-order valence-corrected chi connectivity index (χ1v) is 11.6. The Morgan fingerprint density at radius 2 is 1.84 bits per heavy atom. The van der Waals surface area contributed by atoms with Crippen LogP contribution < -0.4 is 15.4 Å². The van der Waals surface area contributed by atoms with Crippen LogP contribution in [0.1, 0.15) is 50.9 Å². The Bertz CT molecular complexity index is 1010. The number of carbonyl (C=O) groups is 3. The molecule has 32 heavy (non-hydrogen) atoms. The first-order valence-electron chi connectivity index (χ1n) is 10.3. The van der Waals surface area contributed by atoms with E-state index in [9.17, 15) is 14.4 Å². The predicted octanol–water partition coefficient (Wildman–Crippen LogP) is 3.49. The lowest BCUT2D eigenvalue weighted by Gasteiger charge is -2.32. The highest BCUT2D eigenvalue weighted by Crippen LogP contribution is 2.45. The number of piperidine rings is 1. The zero-order chi connectivity index (χ0) is 22.0. The van der Waals surface area contributed by atoms with Gasteiger partial charge in [-0.25, -0.2) is 0 Å². The van der Waals surface area contributed by atoms with Crippen molar-refractivity contribution < 1.29 is 19.1 Å². The molecule has 0 radical (unpaired) electrons. The summed E-state index contributed by atoms with van der Waals surface area (Å²) in [5, 5.41) is 5.64. The molecule has 170 valence electrons. The SMILES string of the molecule is CCNCc1ccc(COc2cccc3c2C(I)N(C2CCC(=O)NC2=O)C3=O)cc1.Cl. The van der Waals surface area contributed by atoms with E-state index in [1.807, 2.05) is 18.2 Å². The number of hydrogen-bond acceptors (Lipinski definition) is 5. The fourth-order valence-corrected chi connectivity index (χ4v) is 5.20. The lowest BCUT2D eigenvalue weighted by Crippen LogP contribution is -2.52. The van der Waals surface area contributed by atoms with Crippen LogP contribution in [0.2, 0.25) is 0 Å². The van der Waals surface area contributed by atoms with Crippen molar-refractivity contribution in [2.45, 2.75) is 43.0 Å². The highest BCUT2D eigenvalue weighted by Gasteiger charge is 2.45. The van der Waals surface area contributed by atoms with E-state index in [0.29, 0.717) is 24.3 Å². The number of fused-ring (bicyclic) bond motifs is 1. The van der Waals surface area contributed by atoms with Gasteiger partial charge in [0.2, 0.25) is 11.8 Å². The molecule has 0 aromatic heterocycles. The van der Waals surface area contributed by atoms with Crippen molar-refractivity contribution in [1.82, 2.24) is 15.5 Å². The Labute approximate surface area is 206 Å². The molecule has 4 rings (SSSR count). The van der Waals surface area contributed by atoms with Crippen molar-refractivity contribution in [2.75, 3.05) is 6.54 Å². The van der Waals surface area contributed by atoms with Crippen molar-refractivity contribution in [2.24, 2.45) is 0 Å². The number of ether oxygens (including phenoxy) is 1. The first kappa shape index (κ1) is 24.5. The Kier molecular flexibility index (Phi) is 8.13. The third-order valence-electron chi connectivity index (χ3n) is 5.56. The van der Waals surface area contributed by atoms with Crippen LogP contribution in [0.25, 0.3) is 0 Å². The van der Waals surface area contributed by atoms with Gasteiger partial charge in [0, 0.05) is 24.1 Å². The maximum absolute atomic E-state index is 13.1. The Morgan fingerprint density at radius 1 is 1.12 bits per heavy atom. The monoisotopic (exact) mass is 569 g/mol. The number of imide groups is 1. The zero-order valence-electron chi connectivity index (χ0n) is 17.6. The molecule has 3 amide bonds. The number of rotatable bonds is 7. The van der Waals surface area contributed by atoms with Gasteiger partial charge in [0.15, 0.2) is 0 Å². The van der Waals surface area contributed by atoms with Crippen molar-refractivity contribution in [3.05, 3.63) is 64.7 Å². The highest BCUT2D eigenvalue weighted by molar-refractivity contribution is 14.1. The number of carbonyl (C=O) groups excluding carboxylic acids is 3. The van der Waals surface area contributed by atoms with E-state index in [1.54, 1.807) is 17.0 Å². The fourth-order valence-electron chi connectivity index (χ4n) is 3.91. The largest absolute Gasteiger partial charge is 0.488 e. The number of nitrogens with one attached hydrogen (secondary N) is 2. The first-order chi connectivity index (χ1) is 15.0. The molecule has 2 aliphatic rings. The van der Waals surface area contributed by atoms with Gasteiger partial charge in [0.05, 0.1) is 0 Å². The van der Waals surface area contributed by atoms with Crippen LogP contribution in [0.15, 0.2) is 42.5 Å². The van der Waals surface area contributed by atoms with E-state index in [-0.39, 0.29) is 34.7 Å². The van der Waals surface area contributed by atoms with E-state index >= 15 is 0 Å². The molecule has 0 bridgehead atoms. The van der Waals surface area contributed by atoms with E-state index < -0.39 is 11.9 Å². The minimum absolute atomic E-state index is 0. The summed E-state index contributed by atoms with van der Waals surface area (Å²) < 4.78 is 5.76. The lowest BCUT2D eigenvalue weighted by atomic mass is 10.0. The quantitative estimate of drug-likeness (QED) is 0.231. The molecule has 2 heterocycles. The van der Waals surface area contributed by atoms with Crippen LogP contribution in [0.3, 0.4) is 0 Å². The molecule has 2 unspecified atom stereocenters. The van der Waals surface area contributed by atoms with Gasteiger partial charge in [-0.3, -0.25) is 19.7 Å². The summed E-state index contributed by atoms with van der Waals surface area (Å²) in [7, 11) is 0. The molecule has 1 saturated heterocycles. The summed E-state index contributed by atoms with van der Waals surface area (Å²) in [6.45, 7) is 4.22. The topological polar surface area (TPSA) is 87.7 Å². The minimum Gasteiger partial charge on any atom is -0.488 e. The van der Waals surface area contributed by atoms with Crippen LogP contribution in [-0.4, -0.2) is 35.2 Å². The minimum atomic E-state index is -0.656. The van der Waals surface area contributed by atoms with Crippen molar-refractivity contribution in [3.63, 3.8) is 0 Å². The lowest BCUT2D eigenvalue weighted by molar-refractivity contribution is -0.136. The summed E-state index contributed by atoms with van der Waals surface area (Å²) in [6.07, 6.45) is 0.562. The molecular formula is C23H25ClIN3O4. The van der Waals surface area contributed by atoms with Gasteiger partial charge in [0.1, 0.15) is 22.4 Å².